The highest BCUT2D eigenvalue weighted by atomic mass is 35.5. The van der Waals surface area contributed by atoms with Gasteiger partial charge >= 0.3 is 0 Å². The molecular formula is C27H29ClN4O2. The largest absolute Gasteiger partial charge is 0.489 e. The second kappa shape index (κ2) is 10.3. The fraction of sp³-hybridized carbons (Fsp3) is 0.259. The molecule has 0 saturated heterocycles. The molecule has 0 bridgehead atoms. The average Bonchev–Trinajstić information content (AvgIpc) is 3.26. The van der Waals surface area contributed by atoms with E-state index in [0.29, 0.717) is 29.3 Å². The van der Waals surface area contributed by atoms with Crippen molar-refractivity contribution in [3.8, 4) is 17.0 Å². The van der Waals surface area contributed by atoms with Crippen LogP contribution in [0.5, 0.6) is 5.75 Å². The van der Waals surface area contributed by atoms with Crippen LogP contribution in [-0.4, -0.2) is 34.0 Å². The van der Waals surface area contributed by atoms with Crippen LogP contribution in [0.2, 0.25) is 5.02 Å². The number of imidazole rings is 1. The number of hydrogen-bond acceptors (Lipinski definition) is 4. The Morgan fingerprint density at radius 1 is 1.18 bits per heavy atom. The number of benzene rings is 2. The van der Waals surface area contributed by atoms with Gasteiger partial charge in [-0.05, 0) is 62.6 Å². The van der Waals surface area contributed by atoms with Crippen LogP contribution < -0.4 is 15.8 Å². The molecule has 1 amide bonds. The molecule has 0 aliphatic heterocycles. The number of carbonyl (C=O) groups excluding carboxylic acids is 1. The minimum atomic E-state index is -0.217. The number of nitrogens with one attached hydrogen (secondary N) is 1. The van der Waals surface area contributed by atoms with E-state index in [9.17, 15) is 4.79 Å². The molecule has 0 radical (unpaired) electrons. The molecule has 2 heterocycles. The fourth-order valence-corrected chi connectivity index (χ4v) is 4.07. The Morgan fingerprint density at radius 2 is 1.94 bits per heavy atom. The molecule has 0 aliphatic rings. The van der Waals surface area contributed by atoms with Crippen molar-refractivity contribution in [3.63, 3.8) is 0 Å². The van der Waals surface area contributed by atoms with E-state index in [1.54, 1.807) is 18.2 Å². The predicted molar refractivity (Wildman–Crippen MR) is 137 cm³/mol. The maximum atomic E-state index is 12.8. The lowest BCUT2D eigenvalue weighted by Gasteiger charge is -2.18. The number of rotatable bonds is 8. The number of pyridine rings is 1. The van der Waals surface area contributed by atoms with Crippen LogP contribution >= 0.6 is 11.6 Å². The van der Waals surface area contributed by atoms with Crippen LogP contribution in [0.4, 0.5) is 0 Å². The second-order valence-electron chi connectivity index (χ2n) is 8.67. The van der Waals surface area contributed by atoms with E-state index in [0.717, 1.165) is 28.0 Å². The molecule has 176 valence electrons. The molecule has 4 aromatic rings. The number of ether oxygens (including phenoxy) is 1. The van der Waals surface area contributed by atoms with Gasteiger partial charge in [-0.2, -0.15) is 0 Å². The number of nitrogens with two attached hydrogens (primary N) is 1. The Labute approximate surface area is 204 Å². The summed E-state index contributed by atoms with van der Waals surface area (Å²) in [5, 5.41) is 3.42. The Hall–Kier alpha value is -3.35. The van der Waals surface area contributed by atoms with Crippen LogP contribution in [0.25, 0.3) is 16.9 Å². The van der Waals surface area contributed by atoms with E-state index < -0.39 is 0 Å². The van der Waals surface area contributed by atoms with Crippen LogP contribution in [-0.2, 0) is 6.42 Å². The van der Waals surface area contributed by atoms with E-state index in [1.807, 2.05) is 36.7 Å². The van der Waals surface area contributed by atoms with Crippen molar-refractivity contribution in [2.75, 3.05) is 6.54 Å². The molecule has 1 atom stereocenters. The van der Waals surface area contributed by atoms with Crippen LogP contribution in [0.15, 0.2) is 67.0 Å². The number of carbonyl (C=O) groups is 1. The summed E-state index contributed by atoms with van der Waals surface area (Å²) in [6.45, 7) is 6.22. The highest BCUT2D eigenvalue weighted by molar-refractivity contribution is 6.32. The summed E-state index contributed by atoms with van der Waals surface area (Å²) in [6, 6.07) is 17.1. The van der Waals surface area contributed by atoms with Crippen molar-refractivity contribution < 1.29 is 9.53 Å². The molecule has 0 aliphatic carbocycles. The highest BCUT2D eigenvalue weighted by Gasteiger charge is 2.16. The van der Waals surface area contributed by atoms with Crippen LogP contribution in [0, 0.1) is 6.92 Å². The lowest BCUT2D eigenvalue weighted by molar-refractivity contribution is 0.0938. The highest BCUT2D eigenvalue weighted by Crippen LogP contribution is 2.26. The molecule has 7 heteroatoms. The van der Waals surface area contributed by atoms with E-state index in [4.69, 9.17) is 27.1 Å². The maximum absolute atomic E-state index is 12.8. The normalized spacial score (nSPS) is 12.2. The monoisotopic (exact) mass is 476 g/mol. The third-order valence-electron chi connectivity index (χ3n) is 5.59. The van der Waals surface area contributed by atoms with Crippen molar-refractivity contribution in [1.82, 2.24) is 14.7 Å². The third-order valence-corrected chi connectivity index (χ3v) is 5.88. The summed E-state index contributed by atoms with van der Waals surface area (Å²) in [6.07, 6.45) is 4.65. The van der Waals surface area contributed by atoms with Gasteiger partial charge in [0, 0.05) is 36.1 Å². The topological polar surface area (TPSA) is 81.7 Å². The first kappa shape index (κ1) is 23.8. The van der Waals surface area contributed by atoms with Crippen LogP contribution in [0.3, 0.4) is 0 Å². The molecule has 0 spiro atoms. The first-order valence-electron chi connectivity index (χ1n) is 11.3. The standard InChI is InChI=1S/C27H29ClN4O2/c1-17(2)34-25-11-10-21(14-23(25)28)27(33)30-22(15-29)13-19-6-8-20(9-7-19)24-16-32-12-4-5-18(3)26(32)31-24/h4-12,14,16-17,22H,13,15,29H2,1-3H3,(H,30,33)/t22-/m0/s1. The molecule has 4 rings (SSSR count). The SMILES string of the molecule is Cc1cccn2cc(-c3ccc(C[C@@H](CN)NC(=O)c4ccc(OC(C)C)c(Cl)c4)cc3)nc12. The fourth-order valence-electron chi connectivity index (χ4n) is 3.84. The lowest BCUT2D eigenvalue weighted by Crippen LogP contribution is -2.41. The summed E-state index contributed by atoms with van der Waals surface area (Å²) in [4.78, 5) is 17.5. The maximum Gasteiger partial charge on any atom is 0.251 e. The molecule has 34 heavy (non-hydrogen) atoms. The van der Waals surface area contributed by atoms with Gasteiger partial charge in [-0.1, -0.05) is 41.9 Å². The molecule has 2 aromatic carbocycles. The Bertz CT molecular complexity index is 1300. The number of aromatic nitrogens is 2. The Balaban J connectivity index is 1.42. The minimum Gasteiger partial charge on any atom is -0.489 e. The predicted octanol–water partition coefficient (Wildman–Crippen LogP) is 5.05. The van der Waals surface area contributed by atoms with Gasteiger partial charge in [0.15, 0.2) is 0 Å². The summed E-state index contributed by atoms with van der Waals surface area (Å²) >= 11 is 6.28. The van der Waals surface area contributed by atoms with E-state index in [-0.39, 0.29) is 18.1 Å². The van der Waals surface area contributed by atoms with Gasteiger partial charge < -0.3 is 20.2 Å². The van der Waals surface area contributed by atoms with Crippen molar-refractivity contribution in [3.05, 3.63) is 88.7 Å². The first-order chi connectivity index (χ1) is 16.3. The van der Waals surface area contributed by atoms with Gasteiger partial charge in [0.05, 0.1) is 16.8 Å². The minimum absolute atomic E-state index is 0.00186. The Morgan fingerprint density at radius 3 is 2.59 bits per heavy atom. The lowest BCUT2D eigenvalue weighted by atomic mass is 10.0. The Kier molecular flexibility index (Phi) is 7.20. The zero-order valence-corrected chi connectivity index (χ0v) is 20.3. The zero-order chi connectivity index (χ0) is 24.2. The third kappa shape index (κ3) is 5.41. The molecule has 0 saturated carbocycles. The molecule has 3 N–H and O–H groups in total. The second-order valence-corrected chi connectivity index (χ2v) is 9.07. The number of fused-ring (bicyclic) bond motifs is 1. The van der Waals surface area contributed by atoms with Gasteiger partial charge in [-0.25, -0.2) is 4.98 Å². The first-order valence-corrected chi connectivity index (χ1v) is 11.7. The smallest absolute Gasteiger partial charge is 0.251 e. The molecule has 6 nitrogen and oxygen atoms in total. The van der Waals surface area contributed by atoms with Crippen molar-refractivity contribution in [2.45, 2.75) is 39.3 Å². The summed E-state index contributed by atoms with van der Waals surface area (Å²) in [5.41, 5.74) is 11.6. The van der Waals surface area contributed by atoms with Gasteiger partial charge in [-0.3, -0.25) is 4.79 Å². The van der Waals surface area contributed by atoms with Gasteiger partial charge in [0.1, 0.15) is 11.4 Å². The molecule has 0 fully saturated rings. The van der Waals surface area contributed by atoms with Gasteiger partial charge in [0.25, 0.3) is 5.91 Å². The number of amides is 1. The van der Waals surface area contributed by atoms with Gasteiger partial charge in [0.2, 0.25) is 0 Å². The average molecular weight is 477 g/mol. The van der Waals surface area contributed by atoms with E-state index in [1.165, 1.54) is 0 Å². The van der Waals surface area contributed by atoms with Crippen molar-refractivity contribution >= 4 is 23.2 Å². The van der Waals surface area contributed by atoms with Gasteiger partial charge in [-0.15, -0.1) is 0 Å². The molecular weight excluding hydrogens is 448 g/mol. The number of hydrogen-bond donors (Lipinski definition) is 2. The number of nitrogens with zero attached hydrogens (tertiary/aromatic N) is 2. The van der Waals surface area contributed by atoms with E-state index in [2.05, 4.69) is 42.6 Å². The van der Waals surface area contributed by atoms with E-state index >= 15 is 0 Å². The number of aryl methyl sites for hydroxylation is 1. The zero-order valence-electron chi connectivity index (χ0n) is 19.6. The summed E-state index contributed by atoms with van der Waals surface area (Å²) in [5.74, 6) is 0.342. The number of halogens is 1. The molecule has 2 aromatic heterocycles. The summed E-state index contributed by atoms with van der Waals surface area (Å²) in [7, 11) is 0. The quantitative estimate of drug-likeness (QED) is 0.373. The molecule has 0 unspecified atom stereocenters. The van der Waals surface area contributed by atoms with Crippen LogP contribution in [0.1, 0.15) is 35.3 Å². The summed E-state index contributed by atoms with van der Waals surface area (Å²) < 4.78 is 7.67. The van der Waals surface area contributed by atoms with Crippen molar-refractivity contribution in [1.29, 1.82) is 0 Å². The van der Waals surface area contributed by atoms with Crippen molar-refractivity contribution in [2.24, 2.45) is 5.73 Å².